The predicted molar refractivity (Wildman–Crippen MR) is 58.6 cm³/mol. The zero-order valence-corrected chi connectivity index (χ0v) is 8.98. The number of carboxylic acid groups (broad SMARTS) is 1. The topological polar surface area (TPSA) is 72.2 Å². The van der Waals surface area contributed by atoms with Crippen LogP contribution in [0.1, 0.15) is 17.4 Å². The Kier molecular flexibility index (Phi) is 2.63. The van der Waals surface area contributed by atoms with E-state index in [1.807, 2.05) is 0 Å². The molecule has 0 saturated heterocycles. The van der Waals surface area contributed by atoms with Gasteiger partial charge in [-0.3, -0.25) is 9.48 Å². The van der Waals surface area contributed by atoms with Gasteiger partial charge in [0.25, 0.3) is 0 Å². The number of carbonyl (C=O) groups is 1. The standard InChI is InChI=1S/C11H9FN2O3/c1-2-14-8-4-3-6(12)5-7(8)10(15)9(13-14)11(16)17/h3-5H,2H2,1H3,(H,16,17). The molecule has 0 bridgehead atoms. The summed E-state index contributed by atoms with van der Waals surface area (Å²) in [5.74, 6) is -2.00. The van der Waals surface area contributed by atoms with Crippen molar-refractivity contribution < 1.29 is 14.3 Å². The minimum atomic E-state index is -1.41. The van der Waals surface area contributed by atoms with Gasteiger partial charge in [0.05, 0.1) is 10.9 Å². The maximum absolute atomic E-state index is 13.1. The highest BCUT2D eigenvalue weighted by atomic mass is 19.1. The molecule has 0 amide bonds. The number of hydrogen-bond acceptors (Lipinski definition) is 3. The molecule has 0 fully saturated rings. The lowest BCUT2D eigenvalue weighted by Gasteiger charge is -2.08. The first-order valence-corrected chi connectivity index (χ1v) is 4.98. The number of fused-ring (bicyclic) bond motifs is 1. The van der Waals surface area contributed by atoms with E-state index in [-0.39, 0.29) is 5.39 Å². The monoisotopic (exact) mass is 236 g/mol. The molecular weight excluding hydrogens is 227 g/mol. The molecule has 0 aliphatic heterocycles. The minimum Gasteiger partial charge on any atom is -0.476 e. The Bertz CT molecular complexity index is 664. The summed E-state index contributed by atoms with van der Waals surface area (Å²) >= 11 is 0. The molecule has 2 rings (SSSR count). The maximum atomic E-state index is 13.1. The molecule has 1 N–H and O–H groups in total. The van der Waals surface area contributed by atoms with Crippen LogP contribution in [0.15, 0.2) is 23.0 Å². The molecule has 0 saturated carbocycles. The van der Waals surface area contributed by atoms with E-state index >= 15 is 0 Å². The summed E-state index contributed by atoms with van der Waals surface area (Å²) in [6, 6.07) is 3.64. The molecule has 1 heterocycles. The van der Waals surface area contributed by atoms with E-state index in [1.165, 1.54) is 16.8 Å². The van der Waals surface area contributed by atoms with Crippen molar-refractivity contribution in [3.63, 3.8) is 0 Å². The third-order valence-corrected chi connectivity index (χ3v) is 2.42. The van der Waals surface area contributed by atoms with E-state index in [2.05, 4.69) is 5.10 Å². The van der Waals surface area contributed by atoms with Gasteiger partial charge in [-0.25, -0.2) is 9.18 Å². The van der Waals surface area contributed by atoms with Crippen molar-refractivity contribution in [2.45, 2.75) is 13.5 Å². The van der Waals surface area contributed by atoms with Crippen LogP contribution in [0.2, 0.25) is 0 Å². The lowest BCUT2D eigenvalue weighted by Crippen LogP contribution is -2.22. The van der Waals surface area contributed by atoms with Crippen molar-refractivity contribution >= 4 is 16.9 Å². The van der Waals surface area contributed by atoms with E-state index in [0.29, 0.717) is 12.1 Å². The largest absolute Gasteiger partial charge is 0.476 e. The number of aromatic carboxylic acids is 1. The highest BCUT2D eigenvalue weighted by molar-refractivity contribution is 5.90. The number of hydrogen-bond donors (Lipinski definition) is 1. The van der Waals surface area contributed by atoms with Gasteiger partial charge in [0.2, 0.25) is 11.1 Å². The minimum absolute atomic E-state index is 0.0271. The highest BCUT2D eigenvalue weighted by Gasteiger charge is 2.16. The molecule has 1 aromatic carbocycles. The molecular formula is C11H9FN2O3. The van der Waals surface area contributed by atoms with Crippen molar-refractivity contribution in [3.05, 3.63) is 39.9 Å². The summed E-state index contributed by atoms with van der Waals surface area (Å²) in [5.41, 5.74) is -0.939. The van der Waals surface area contributed by atoms with Crippen LogP contribution in [0, 0.1) is 5.82 Å². The van der Waals surface area contributed by atoms with Gasteiger partial charge in [-0.05, 0) is 25.1 Å². The van der Waals surface area contributed by atoms with Crippen LogP contribution in [0.3, 0.4) is 0 Å². The number of nitrogens with zero attached hydrogens (tertiary/aromatic N) is 2. The van der Waals surface area contributed by atoms with Gasteiger partial charge in [-0.1, -0.05) is 0 Å². The molecule has 0 unspecified atom stereocenters. The summed E-state index contributed by atoms with van der Waals surface area (Å²) in [6.45, 7) is 2.15. The molecule has 0 atom stereocenters. The highest BCUT2D eigenvalue weighted by Crippen LogP contribution is 2.11. The number of aryl methyl sites for hydroxylation is 1. The molecule has 17 heavy (non-hydrogen) atoms. The first-order chi connectivity index (χ1) is 8.04. The van der Waals surface area contributed by atoms with Gasteiger partial charge in [-0.2, -0.15) is 5.10 Å². The summed E-state index contributed by atoms with van der Waals surface area (Å²) in [5, 5.41) is 12.6. The fraction of sp³-hybridized carbons (Fsp3) is 0.182. The van der Waals surface area contributed by atoms with Crippen molar-refractivity contribution in [1.82, 2.24) is 9.78 Å². The molecule has 2 aromatic rings. The van der Waals surface area contributed by atoms with Gasteiger partial charge >= 0.3 is 5.97 Å². The maximum Gasteiger partial charge on any atom is 0.360 e. The summed E-state index contributed by atoms with van der Waals surface area (Å²) < 4.78 is 14.4. The third-order valence-electron chi connectivity index (χ3n) is 2.42. The number of benzene rings is 1. The zero-order chi connectivity index (χ0) is 12.6. The average molecular weight is 236 g/mol. The van der Waals surface area contributed by atoms with Gasteiger partial charge in [0.1, 0.15) is 5.82 Å². The Morgan fingerprint density at radius 1 is 1.53 bits per heavy atom. The van der Waals surface area contributed by atoms with Gasteiger partial charge in [0, 0.05) is 6.54 Å². The second-order valence-electron chi connectivity index (χ2n) is 3.46. The second kappa shape index (κ2) is 3.97. The van der Waals surface area contributed by atoms with E-state index < -0.39 is 22.9 Å². The first kappa shape index (κ1) is 11.3. The molecule has 6 heteroatoms. The molecule has 0 aliphatic rings. The number of rotatable bonds is 2. The third kappa shape index (κ3) is 1.77. The van der Waals surface area contributed by atoms with Crippen LogP contribution in [0.5, 0.6) is 0 Å². The quantitative estimate of drug-likeness (QED) is 0.851. The lowest BCUT2D eigenvalue weighted by molar-refractivity contribution is 0.0686. The van der Waals surface area contributed by atoms with Crippen molar-refractivity contribution in [2.24, 2.45) is 0 Å². The molecule has 0 radical (unpaired) electrons. The molecule has 1 aromatic heterocycles. The van der Waals surface area contributed by atoms with Crippen LogP contribution in [0.25, 0.3) is 10.9 Å². The van der Waals surface area contributed by atoms with Crippen LogP contribution in [0.4, 0.5) is 4.39 Å². The summed E-state index contributed by atoms with van der Waals surface area (Å²) in [6.07, 6.45) is 0. The first-order valence-electron chi connectivity index (χ1n) is 4.98. The zero-order valence-electron chi connectivity index (χ0n) is 8.98. The van der Waals surface area contributed by atoms with E-state index in [0.717, 1.165) is 6.07 Å². The number of carboxylic acids is 1. The van der Waals surface area contributed by atoms with Gasteiger partial charge < -0.3 is 5.11 Å². The molecule has 0 aliphatic carbocycles. The Balaban J connectivity index is 2.96. The predicted octanol–water partition coefficient (Wildman–Crippen LogP) is 1.25. The van der Waals surface area contributed by atoms with Gasteiger partial charge in [0.15, 0.2) is 0 Å². The molecule has 0 spiro atoms. The van der Waals surface area contributed by atoms with Crippen LogP contribution in [-0.4, -0.2) is 20.9 Å². The summed E-state index contributed by atoms with van der Waals surface area (Å²) in [7, 11) is 0. The average Bonchev–Trinajstić information content (AvgIpc) is 2.29. The fourth-order valence-corrected chi connectivity index (χ4v) is 1.64. The fourth-order valence-electron chi connectivity index (χ4n) is 1.64. The Morgan fingerprint density at radius 3 is 2.82 bits per heavy atom. The van der Waals surface area contributed by atoms with E-state index in [4.69, 9.17) is 5.11 Å². The molecule has 88 valence electrons. The van der Waals surface area contributed by atoms with Crippen LogP contribution >= 0.6 is 0 Å². The Morgan fingerprint density at radius 2 is 2.24 bits per heavy atom. The van der Waals surface area contributed by atoms with Crippen molar-refractivity contribution in [1.29, 1.82) is 0 Å². The van der Waals surface area contributed by atoms with Gasteiger partial charge in [-0.15, -0.1) is 0 Å². The SMILES string of the molecule is CCn1nc(C(=O)O)c(=O)c2cc(F)ccc21. The van der Waals surface area contributed by atoms with E-state index in [1.54, 1.807) is 6.92 Å². The Labute approximate surface area is 95.1 Å². The van der Waals surface area contributed by atoms with Crippen molar-refractivity contribution in [3.8, 4) is 0 Å². The smallest absolute Gasteiger partial charge is 0.360 e. The van der Waals surface area contributed by atoms with Crippen molar-refractivity contribution in [2.75, 3.05) is 0 Å². The normalized spacial score (nSPS) is 10.7. The Hall–Kier alpha value is -2.24. The van der Waals surface area contributed by atoms with Crippen LogP contribution < -0.4 is 5.43 Å². The lowest BCUT2D eigenvalue weighted by atomic mass is 10.2. The van der Waals surface area contributed by atoms with Crippen LogP contribution in [-0.2, 0) is 6.54 Å². The second-order valence-corrected chi connectivity index (χ2v) is 3.46. The number of aromatic nitrogens is 2. The number of halogens is 1. The van der Waals surface area contributed by atoms with E-state index in [9.17, 15) is 14.0 Å². The summed E-state index contributed by atoms with van der Waals surface area (Å²) in [4.78, 5) is 22.6. The molecule has 5 nitrogen and oxygen atoms in total.